The molecule has 302 valence electrons. The smallest absolute Gasteiger partial charge is 0.342 e. The molecule has 0 radical (unpaired) electrons. The molecule has 2 fully saturated rings. The van der Waals surface area contributed by atoms with Gasteiger partial charge in [-0.3, -0.25) is 13.9 Å². The second kappa shape index (κ2) is 27.3. The molecule has 2 saturated heterocycles. The first-order valence-electron chi connectivity index (χ1n) is 19.6. The van der Waals surface area contributed by atoms with Crippen LogP contribution in [-0.4, -0.2) is 83.2 Å². The van der Waals surface area contributed by atoms with Gasteiger partial charge in [-0.15, -0.1) is 0 Å². The summed E-state index contributed by atoms with van der Waals surface area (Å²) in [6.07, 6.45) is 21.6. The van der Waals surface area contributed by atoms with Crippen molar-refractivity contribution in [2.75, 3.05) is 0 Å². The van der Waals surface area contributed by atoms with Crippen LogP contribution in [0.1, 0.15) is 181 Å². The zero-order chi connectivity index (χ0) is 38.1. The van der Waals surface area contributed by atoms with Gasteiger partial charge in [-0.2, -0.15) is 22.1 Å². The highest BCUT2D eigenvalue weighted by Gasteiger charge is 2.50. The Labute approximate surface area is 307 Å². The third kappa shape index (κ3) is 23.8. The van der Waals surface area contributed by atoms with Gasteiger partial charge in [-0.1, -0.05) is 129 Å². The van der Waals surface area contributed by atoms with Gasteiger partial charge in [-0.05, 0) is 38.5 Å². The number of hydrogen-bond acceptors (Lipinski definition) is 10. The third-order valence-corrected chi connectivity index (χ3v) is 12.3. The van der Waals surface area contributed by atoms with E-state index < -0.39 is 42.7 Å². The van der Waals surface area contributed by atoms with E-state index in [4.69, 9.17) is 19.8 Å². The number of carbonyl (C=O) groups excluding carboxylic acids is 1. The highest BCUT2D eigenvalue weighted by molar-refractivity contribution is 7.86. The fourth-order valence-corrected chi connectivity index (χ4v) is 8.72. The lowest BCUT2D eigenvalue weighted by Gasteiger charge is -2.11. The highest BCUT2D eigenvalue weighted by atomic mass is 32.2. The number of aliphatic carboxylic acids is 1. The standard InChI is InChI=1S/C18H34O7S.C18H34O6S/c1-2-3-4-5-6-9-12-15-18(24-15)16(26(21,22)23)13-10-7-8-11-14-17(19)25-20;1-2-3-4-5-6-9-12-15-18(24-15)16(25(21,22)23)13-10-7-8-11-14-17(19)20/h15-16,18,20H,2-14H2,1H3,(H,21,22,23);15-16,18H,2-14H2,1H3,(H,19,20)(H,21,22,23). The van der Waals surface area contributed by atoms with Gasteiger partial charge < -0.3 is 19.5 Å². The lowest BCUT2D eigenvalue weighted by Crippen LogP contribution is -2.27. The molecule has 0 aromatic heterocycles. The van der Waals surface area contributed by atoms with E-state index in [9.17, 15) is 35.5 Å². The molecule has 2 heterocycles. The van der Waals surface area contributed by atoms with Gasteiger partial charge in [0.25, 0.3) is 20.2 Å². The summed E-state index contributed by atoms with van der Waals surface area (Å²) in [5.41, 5.74) is 0. The summed E-state index contributed by atoms with van der Waals surface area (Å²) in [5, 5.41) is 15.0. The van der Waals surface area contributed by atoms with Crippen LogP contribution >= 0.6 is 0 Å². The zero-order valence-electron chi connectivity index (χ0n) is 31.1. The Morgan fingerprint density at radius 2 is 0.922 bits per heavy atom. The van der Waals surface area contributed by atoms with E-state index in [1.54, 1.807) is 0 Å². The molecule has 4 N–H and O–H groups in total. The Balaban J connectivity index is 0.000000510. The minimum Gasteiger partial charge on any atom is -0.481 e. The van der Waals surface area contributed by atoms with E-state index in [-0.39, 0.29) is 37.3 Å². The topological polar surface area (TPSA) is 218 Å². The number of hydrogen-bond donors (Lipinski definition) is 4. The van der Waals surface area contributed by atoms with Crippen molar-refractivity contribution in [2.45, 2.75) is 216 Å². The maximum atomic E-state index is 11.6. The summed E-state index contributed by atoms with van der Waals surface area (Å²) >= 11 is 0. The number of epoxide rings is 2. The number of carboxylic acid groups (broad SMARTS) is 1. The third-order valence-electron chi connectivity index (χ3n) is 9.78. The van der Waals surface area contributed by atoms with Crippen molar-refractivity contribution in [2.24, 2.45) is 0 Å². The average molecular weight is 773 g/mol. The number of carboxylic acids is 1. The van der Waals surface area contributed by atoms with Gasteiger partial charge >= 0.3 is 11.9 Å². The first-order valence-corrected chi connectivity index (χ1v) is 22.6. The molecule has 0 aromatic carbocycles. The van der Waals surface area contributed by atoms with E-state index in [0.717, 1.165) is 64.2 Å². The summed E-state index contributed by atoms with van der Waals surface area (Å²) in [6.45, 7) is 4.37. The predicted molar refractivity (Wildman–Crippen MR) is 196 cm³/mol. The molecular formula is C36H68O13S2. The molecule has 0 amide bonds. The summed E-state index contributed by atoms with van der Waals surface area (Å²) < 4.78 is 76.5. The van der Waals surface area contributed by atoms with Gasteiger partial charge in [0.15, 0.2) is 0 Å². The van der Waals surface area contributed by atoms with Crippen LogP contribution in [0.15, 0.2) is 0 Å². The van der Waals surface area contributed by atoms with Crippen molar-refractivity contribution in [3.05, 3.63) is 0 Å². The Kier molecular flexibility index (Phi) is 25.5. The Hall–Kier alpha value is -1.36. The van der Waals surface area contributed by atoms with Crippen molar-refractivity contribution in [3.63, 3.8) is 0 Å². The van der Waals surface area contributed by atoms with E-state index in [1.165, 1.54) is 51.4 Å². The van der Waals surface area contributed by atoms with Crippen LogP contribution in [0.25, 0.3) is 0 Å². The number of unbranched alkanes of at least 4 members (excludes halogenated alkanes) is 16. The van der Waals surface area contributed by atoms with E-state index in [0.29, 0.717) is 38.5 Å². The fraction of sp³-hybridized carbons (Fsp3) is 0.944. The second-order valence-corrected chi connectivity index (χ2v) is 17.5. The van der Waals surface area contributed by atoms with Gasteiger partial charge in [-0.25, -0.2) is 4.79 Å². The normalized spacial score (nSPS) is 21.0. The molecule has 2 aliphatic rings. The van der Waals surface area contributed by atoms with Crippen LogP contribution in [0.3, 0.4) is 0 Å². The largest absolute Gasteiger partial charge is 0.481 e. The number of rotatable bonds is 32. The van der Waals surface area contributed by atoms with Gasteiger partial charge in [0.05, 0.1) is 12.2 Å². The second-order valence-electron chi connectivity index (χ2n) is 14.3. The van der Waals surface area contributed by atoms with Gasteiger partial charge in [0.1, 0.15) is 22.7 Å². The maximum Gasteiger partial charge on any atom is 0.342 e. The van der Waals surface area contributed by atoms with Gasteiger partial charge in [0.2, 0.25) is 0 Å². The summed E-state index contributed by atoms with van der Waals surface area (Å²) in [4.78, 5) is 24.8. The van der Waals surface area contributed by atoms with Crippen LogP contribution < -0.4 is 0 Å². The lowest BCUT2D eigenvalue weighted by atomic mass is 10.0. The SMILES string of the molecule is CCCCCCCCC1OC1C(CCCCCCC(=O)O)S(=O)(=O)O.CCCCCCCCC1OC1C(CCCCCCC(=O)OO)S(=O)(=O)O. The van der Waals surface area contributed by atoms with Crippen molar-refractivity contribution >= 4 is 32.2 Å². The minimum absolute atomic E-state index is 0.0369. The Bertz CT molecular complexity index is 1150. The minimum atomic E-state index is -4.12. The van der Waals surface area contributed by atoms with Crippen LogP contribution in [0.2, 0.25) is 0 Å². The van der Waals surface area contributed by atoms with Gasteiger partial charge in [0, 0.05) is 12.8 Å². The van der Waals surface area contributed by atoms with Crippen LogP contribution in [0.5, 0.6) is 0 Å². The summed E-state index contributed by atoms with van der Waals surface area (Å²) in [5.74, 6) is -1.47. The van der Waals surface area contributed by atoms with Crippen molar-refractivity contribution in [1.29, 1.82) is 0 Å². The van der Waals surface area contributed by atoms with E-state index in [1.807, 2.05) is 0 Å². The first-order chi connectivity index (χ1) is 24.3. The van der Waals surface area contributed by atoms with Crippen molar-refractivity contribution in [3.8, 4) is 0 Å². The Morgan fingerprint density at radius 1 is 0.569 bits per heavy atom. The van der Waals surface area contributed by atoms with Crippen LogP contribution in [-0.2, 0) is 44.2 Å². The lowest BCUT2D eigenvalue weighted by molar-refractivity contribution is -0.234. The molecule has 0 bridgehead atoms. The summed E-state index contributed by atoms with van der Waals surface area (Å²) in [6, 6.07) is 0. The summed E-state index contributed by atoms with van der Waals surface area (Å²) in [7, 11) is -8.22. The molecule has 15 heteroatoms. The van der Waals surface area contributed by atoms with Crippen molar-refractivity contribution < 1.29 is 60.3 Å². The molecule has 2 aliphatic heterocycles. The molecule has 6 atom stereocenters. The average Bonchev–Trinajstić information content (AvgIpc) is 3.99. The first kappa shape index (κ1) is 47.7. The number of carbonyl (C=O) groups is 2. The number of ether oxygens (including phenoxy) is 2. The molecule has 51 heavy (non-hydrogen) atoms. The monoisotopic (exact) mass is 772 g/mol. The molecule has 0 spiro atoms. The maximum absolute atomic E-state index is 11.6. The van der Waals surface area contributed by atoms with E-state index >= 15 is 0 Å². The van der Waals surface area contributed by atoms with Crippen LogP contribution in [0, 0.1) is 0 Å². The molecule has 0 aliphatic carbocycles. The fourth-order valence-electron chi connectivity index (χ4n) is 6.64. The predicted octanol–water partition coefficient (Wildman–Crippen LogP) is 8.30. The Morgan fingerprint density at radius 3 is 1.29 bits per heavy atom. The molecule has 0 saturated carbocycles. The zero-order valence-corrected chi connectivity index (χ0v) is 32.8. The van der Waals surface area contributed by atoms with Crippen molar-refractivity contribution in [1.82, 2.24) is 0 Å². The van der Waals surface area contributed by atoms with Crippen LogP contribution in [0.4, 0.5) is 0 Å². The molecular weight excluding hydrogens is 705 g/mol. The molecule has 13 nitrogen and oxygen atoms in total. The highest BCUT2D eigenvalue weighted by Crippen LogP contribution is 2.36. The molecule has 0 aromatic rings. The quantitative estimate of drug-likeness (QED) is 0.0166. The molecule has 2 rings (SSSR count). The molecule has 6 unspecified atom stereocenters. The van der Waals surface area contributed by atoms with E-state index in [2.05, 4.69) is 18.7 Å².